The van der Waals surface area contributed by atoms with Crippen molar-refractivity contribution in [3.05, 3.63) is 78.1 Å². The van der Waals surface area contributed by atoms with Gasteiger partial charge in [0.25, 0.3) is 0 Å². The monoisotopic (exact) mass is 495 g/mol. The number of sulfonamides is 1. The maximum absolute atomic E-state index is 13.2. The Balaban J connectivity index is 1.14. The number of benzene rings is 3. The normalized spacial score (nSPS) is 18.7. The van der Waals surface area contributed by atoms with Crippen LogP contribution in [0.5, 0.6) is 0 Å². The standard InChI is InChI=1S/C27H30FN3O3S/c28-24-8-10-25(11-9-24)35(33,34)31-14-12-22(13-15-31)27(32)30-18-16-29(17-19-30)20-23-6-3-5-21-4-1-2-7-26(21)23/h1-11,22H,12-20H2. The van der Waals surface area contributed by atoms with Gasteiger partial charge in [0.2, 0.25) is 15.9 Å². The summed E-state index contributed by atoms with van der Waals surface area (Å²) in [6.45, 7) is 4.51. The molecule has 5 rings (SSSR count). The van der Waals surface area contributed by atoms with Crippen molar-refractivity contribution in [2.45, 2.75) is 24.3 Å². The van der Waals surface area contributed by atoms with E-state index in [2.05, 4.69) is 47.4 Å². The van der Waals surface area contributed by atoms with Gasteiger partial charge in [-0.25, -0.2) is 12.8 Å². The summed E-state index contributed by atoms with van der Waals surface area (Å²) >= 11 is 0. The Morgan fingerprint density at radius 1 is 0.829 bits per heavy atom. The molecule has 3 aromatic carbocycles. The lowest BCUT2D eigenvalue weighted by Gasteiger charge is -2.38. The molecule has 0 spiro atoms. The van der Waals surface area contributed by atoms with E-state index in [-0.39, 0.29) is 16.7 Å². The molecule has 2 aliphatic rings. The molecule has 0 aromatic heterocycles. The zero-order valence-corrected chi connectivity index (χ0v) is 20.5. The van der Waals surface area contributed by atoms with Crippen LogP contribution in [0.25, 0.3) is 10.8 Å². The van der Waals surface area contributed by atoms with Crippen molar-refractivity contribution < 1.29 is 17.6 Å². The van der Waals surface area contributed by atoms with Crippen LogP contribution in [-0.2, 0) is 21.4 Å². The second-order valence-electron chi connectivity index (χ2n) is 9.37. The van der Waals surface area contributed by atoms with Crippen molar-refractivity contribution in [1.29, 1.82) is 0 Å². The SMILES string of the molecule is O=C(C1CCN(S(=O)(=O)c2ccc(F)cc2)CC1)N1CCN(Cc2cccc3ccccc23)CC1. The van der Waals surface area contributed by atoms with Crippen molar-refractivity contribution in [2.75, 3.05) is 39.3 Å². The van der Waals surface area contributed by atoms with Crippen LogP contribution in [0.1, 0.15) is 18.4 Å². The minimum atomic E-state index is -3.67. The average Bonchev–Trinajstić information content (AvgIpc) is 2.89. The van der Waals surface area contributed by atoms with Crippen molar-refractivity contribution >= 4 is 26.7 Å². The highest BCUT2D eigenvalue weighted by molar-refractivity contribution is 7.89. The van der Waals surface area contributed by atoms with Crippen molar-refractivity contribution in [1.82, 2.24) is 14.1 Å². The van der Waals surface area contributed by atoms with Gasteiger partial charge in [0.1, 0.15) is 5.82 Å². The number of piperazine rings is 1. The molecule has 6 nitrogen and oxygen atoms in total. The zero-order valence-electron chi connectivity index (χ0n) is 19.6. The van der Waals surface area contributed by atoms with E-state index in [1.165, 1.54) is 32.8 Å². The van der Waals surface area contributed by atoms with Gasteiger partial charge in [0.05, 0.1) is 4.90 Å². The molecule has 0 N–H and O–H groups in total. The molecular formula is C27H30FN3O3S. The Hall–Kier alpha value is -2.81. The number of halogens is 1. The Kier molecular flexibility index (Phi) is 6.86. The third kappa shape index (κ3) is 5.10. The van der Waals surface area contributed by atoms with E-state index < -0.39 is 15.8 Å². The van der Waals surface area contributed by atoms with Crippen LogP contribution < -0.4 is 0 Å². The topological polar surface area (TPSA) is 60.9 Å². The van der Waals surface area contributed by atoms with Gasteiger partial charge >= 0.3 is 0 Å². The van der Waals surface area contributed by atoms with Gasteiger partial charge in [-0.05, 0) is 53.4 Å². The summed E-state index contributed by atoms with van der Waals surface area (Å²) in [5.74, 6) is -0.488. The Morgan fingerprint density at radius 3 is 2.20 bits per heavy atom. The molecular weight excluding hydrogens is 465 g/mol. The first-order chi connectivity index (χ1) is 16.9. The van der Waals surface area contributed by atoms with Crippen molar-refractivity contribution in [3.8, 4) is 0 Å². The first-order valence-electron chi connectivity index (χ1n) is 12.2. The molecule has 2 fully saturated rings. The van der Waals surface area contributed by atoms with Crippen molar-refractivity contribution in [2.24, 2.45) is 5.92 Å². The van der Waals surface area contributed by atoms with E-state index in [9.17, 15) is 17.6 Å². The Bertz CT molecular complexity index is 1290. The fourth-order valence-corrected chi connectivity index (χ4v) is 6.62. The van der Waals surface area contributed by atoms with E-state index in [1.54, 1.807) is 0 Å². The Labute approximate surface area is 206 Å². The number of rotatable bonds is 5. The summed E-state index contributed by atoms with van der Waals surface area (Å²) < 4.78 is 40.3. The van der Waals surface area contributed by atoms with Gasteiger partial charge in [-0.1, -0.05) is 42.5 Å². The second kappa shape index (κ2) is 10.0. The molecule has 8 heteroatoms. The van der Waals surface area contributed by atoms with Crippen LogP contribution in [0, 0.1) is 11.7 Å². The largest absolute Gasteiger partial charge is 0.340 e. The molecule has 0 unspecified atom stereocenters. The first kappa shape index (κ1) is 23.9. The number of piperidine rings is 1. The molecule has 2 aliphatic heterocycles. The number of hydrogen-bond acceptors (Lipinski definition) is 4. The number of amides is 1. The number of carbonyl (C=O) groups excluding carboxylic acids is 1. The summed E-state index contributed by atoms with van der Waals surface area (Å²) in [6, 6.07) is 19.7. The smallest absolute Gasteiger partial charge is 0.243 e. The van der Waals surface area contributed by atoms with Gasteiger partial charge in [0, 0.05) is 51.7 Å². The molecule has 0 aliphatic carbocycles. The minimum absolute atomic E-state index is 0.0889. The third-order valence-electron chi connectivity index (χ3n) is 7.21. The number of nitrogens with zero attached hydrogens (tertiary/aromatic N) is 3. The summed E-state index contributed by atoms with van der Waals surface area (Å²) in [7, 11) is -3.67. The molecule has 3 aromatic rings. The molecule has 0 bridgehead atoms. The number of hydrogen-bond donors (Lipinski definition) is 0. The number of carbonyl (C=O) groups is 1. The molecule has 35 heavy (non-hydrogen) atoms. The summed E-state index contributed by atoms with van der Waals surface area (Å²) in [4.78, 5) is 17.6. The molecule has 0 atom stereocenters. The maximum atomic E-state index is 13.2. The molecule has 1 amide bonds. The van der Waals surface area contributed by atoms with E-state index >= 15 is 0 Å². The van der Waals surface area contributed by atoms with E-state index in [1.807, 2.05) is 4.90 Å². The number of fused-ring (bicyclic) bond motifs is 1. The fraction of sp³-hybridized carbons (Fsp3) is 0.370. The van der Waals surface area contributed by atoms with Crippen LogP contribution in [0.15, 0.2) is 71.6 Å². The molecule has 2 heterocycles. The van der Waals surface area contributed by atoms with Gasteiger partial charge in [-0.15, -0.1) is 0 Å². The maximum Gasteiger partial charge on any atom is 0.243 e. The van der Waals surface area contributed by atoms with Gasteiger partial charge in [0.15, 0.2) is 0 Å². The van der Waals surface area contributed by atoms with E-state index in [0.717, 1.165) is 31.8 Å². The fourth-order valence-electron chi connectivity index (χ4n) is 5.15. The summed E-state index contributed by atoms with van der Waals surface area (Å²) in [5.41, 5.74) is 1.30. The van der Waals surface area contributed by atoms with Crippen molar-refractivity contribution in [3.63, 3.8) is 0 Å². The highest BCUT2D eigenvalue weighted by Gasteiger charge is 2.34. The predicted octanol–water partition coefficient (Wildman–Crippen LogP) is 3.72. The molecule has 0 radical (unpaired) electrons. The van der Waals surface area contributed by atoms with Crippen LogP contribution in [0.3, 0.4) is 0 Å². The second-order valence-corrected chi connectivity index (χ2v) is 11.3. The predicted molar refractivity (Wildman–Crippen MR) is 134 cm³/mol. The minimum Gasteiger partial charge on any atom is -0.340 e. The lowest BCUT2D eigenvalue weighted by molar-refractivity contribution is -0.138. The van der Waals surface area contributed by atoms with E-state index in [4.69, 9.17) is 0 Å². The van der Waals surface area contributed by atoms with Gasteiger partial charge in [-0.3, -0.25) is 9.69 Å². The summed E-state index contributed by atoms with van der Waals surface area (Å²) in [6.07, 6.45) is 1.02. The Morgan fingerprint density at radius 2 is 1.49 bits per heavy atom. The molecule has 184 valence electrons. The third-order valence-corrected chi connectivity index (χ3v) is 9.13. The van der Waals surface area contributed by atoms with Gasteiger partial charge < -0.3 is 4.90 Å². The van der Waals surface area contributed by atoms with Crippen LogP contribution >= 0.6 is 0 Å². The van der Waals surface area contributed by atoms with Crippen LogP contribution in [0.2, 0.25) is 0 Å². The summed E-state index contributed by atoms with van der Waals surface area (Å²) in [5, 5.41) is 2.52. The molecule has 2 saturated heterocycles. The van der Waals surface area contributed by atoms with Gasteiger partial charge in [-0.2, -0.15) is 4.31 Å². The van der Waals surface area contributed by atoms with Crippen LogP contribution in [-0.4, -0.2) is 67.7 Å². The lowest BCUT2D eigenvalue weighted by atomic mass is 9.96. The van der Waals surface area contributed by atoms with E-state index in [0.29, 0.717) is 39.0 Å². The highest BCUT2D eigenvalue weighted by atomic mass is 32.2. The average molecular weight is 496 g/mol. The van der Waals surface area contributed by atoms with Crippen LogP contribution in [0.4, 0.5) is 4.39 Å². The zero-order chi connectivity index (χ0) is 24.4. The lowest BCUT2D eigenvalue weighted by Crippen LogP contribution is -2.51. The molecule has 0 saturated carbocycles. The first-order valence-corrected chi connectivity index (χ1v) is 13.6. The highest BCUT2D eigenvalue weighted by Crippen LogP contribution is 2.26. The quantitative estimate of drug-likeness (QED) is 0.541.